The van der Waals surface area contributed by atoms with Crippen LogP contribution in [0, 0.1) is 5.41 Å². The highest BCUT2D eigenvalue weighted by Gasteiger charge is 2.24. The SMILES string of the molecule is CC(CC(=O)c1ccc(-c2cnc3[nH]cc(C(=O)N[C@@H](C)C(C)(C)C)c3n2)s1)c1cccnc1. The van der Waals surface area contributed by atoms with Gasteiger partial charge in [-0.15, -0.1) is 11.3 Å². The molecule has 0 aromatic carbocycles. The maximum Gasteiger partial charge on any atom is 0.255 e. The van der Waals surface area contributed by atoms with Crippen LogP contribution in [0.1, 0.15) is 72.6 Å². The number of Topliss-reactive ketones (excluding diaryl/α,β-unsaturated/α-hetero) is 1. The Morgan fingerprint density at radius 2 is 1.94 bits per heavy atom. The van der Waals surface area contributed by atoms with Gasteiger partial charge in [0.15, 0.2) is 11.4 Å². The second-order valence-electron chi connectivity index (χ2n) is 9.69. The van der Waals surface area contributed by atoms with Crippen LogP contribution in [-0.4, -0.2) is 37.7 Å². The molecule has 0 saturated heterocycles. The molecule has 1 amide bonds. The number of hydrogen-bond acceptors (Lipinski definition) is 6. The highest BCUT2D eigenvalue weighted by atomic mass is 32.1. The number of amides is 1. The molecule has 34 heavy (non-hydrogen) atoms. The van der Waals surface area contributed by atoms with Gasteiger partial charge in [0.2, 0.25) is 0 Å². The van der Waals surface area contributed by atoms with E-state index in [4.69, 9.17) is 4.98 Å². The van der Waals surface area contributed by atoms with Crippen LogP contribution >= 0.6 is 11.3 Å². The first-order chi connectivity index (χ1) is 16.1. The van der Waals surface area contributed by atoms with E-state index >= 15 is 0 Å². The average Bonchev–Trinajstić information content (AvgIpc) is 3.46. The number of fused-ring (bicyclic) bond motifs is 1. The van der Waals surface area contributed by atoms with Crippen molar-refractivity contribution in [2.24, 2.45) is 5.41 Å². The number of H-pyrrole nitrogens is 1. The summed E-state index contributed by atoms with van der Waals surface area (Å²) in [5, 5.41) is 3.05. The van der Waals surface area contributed by atoms with Gasteiger partial charge >= 0.3 is 0 Å². The molecule has 4 aromatic rings. The van der Waals surface area contributed by atoms with E-state index in [0.29, 0.717) is 33.7 Å². The first kappa shape index (κ1) is 23.8. The molecule has 0 aliphatic rings. The van der Waals surface area contributed by atoms with Gasteiger partial charge < -0.3 is 10.3 Å². The first-order valence-electron chi connectivity index (χ1n) is 11.3. The summed E-state index contributed by atoms with van der Waals surface area (Å²) in [5.74, 6) is -0.0228. The molecular formula is C26H29N5O2S. The van der Waals surface area contributed by atoms with Crippen LogP contribution in [0.4, 0.5) is 0 Å². The molecule has 7 nitrogen and oxygen atoms in total. The van der Waals surface area contributed by atoms with E-state index in [2.05, 4.69) is 41.0 Å². The van der Waals surface area contributed by atoms with Crippen molar-refractivity contribution in [2.75, 3.05) is 0 Å². The third kappa shape index (κ3) is 5.07. The zero-order chi connectivity index (χ0) is 24.5. The van der Waals surface area contributed by atoms with Crippen LogP contribution in [-0.2, 0) is 0 Å². The minimum absolute atomic E-state index is 0.0129. The van der Waals surface area contributed by atoms with Gasteiger partial charge in [-0.25, -0.2) is 9.97 Å². The number of rotatable bonds is 7. The number of carbonyl (C=O) groups is 2. The van der Waals surface area contributed by atoms with E-state index in [1.165, 1.54) is 11.3 Å². The van der Waals surface area contributed by atoms with Crippen LogP contribution in [0.25, 0.3) is 21.7 Å². The fourth-order valence-corrected chi connectivity index (χ4v) is 4.37. The number of thiophene rings is 1. The molecule has 0 bridgehead atoms. The summed E-state index contributed by atoms with van der Waals surface area (Å²) >= 11 is 1.39. The molecule has 0 radical (unpaired) electrons. The van der Waals surface area contributed by atoms with Crippen molar-refractivity contribution in [3.05, 3.63) is 65.1 Å². The van der Waals surface area contributed by atoms with Crippen LogP contribution in [0.3, 0.4) is 0 Å². The first-order valence-corrected chi connectivity index (χ1v) is 12.1. The molecule has 0 aliphatic carbocycles. The number of hydrogen-bond donors (Lipinski definition) is 2. The number of ketones is 1. The van der Waals surface area contributed by atoms with E-state index in [-0.39, 0.29) is 29.1 Å². The molecule has 2 N–H and O–H groups in total. The third-order valence-corrected chi connectivity index (χ3v) is 7.30. The minimum Gasteiger partial charge on any atom is -0.349 e. The normalized spacial score (nSPS) is 13.6. The standard InChI is InChI=1S/C26H29N5O2S/c1-15(17-7-6-10-27-12-17)11-20(32)22-9-8-21(34-22)19-14-29-24-23(31-19)18(13-28-24)25(33)30-16(2)26(3,4)5/h6-10,12-16H,11H2,1-5H3,(H,28,29)(H,30,33)/t15?,16-/m0/s1. The Balaban J connectivity index is 1.54. The van der Waals surface area contributed by atoms with Gasteiger partial charge in [-0.3, -0.25) is 14.6 Å². The van der Waals surface area contributed by atoms with Gasteiger partial charge in [0, 0.05) is 31.1 Å². The number of nitrogens with zero attached hydrogens (tertiary/aromatic N) is 3. The lowest BCUT2D eigenvalue weighted by Crippen LogP contribution is -2.41. The number of aromatic nitrogens is 4. The fraction of sp³-hybridized carbons (Fsp3) is 0.346. The largest absolute Gasteiger partial charge is 0.349 e. The van der Waals surface area contributed by atoms with Crippen molar-refractivity contribution in [1.82, 2.24) is 25.3 Å². The van der Waals surface area contributed by atoms with Crippen LogP contribution in [0.2, 0.25) is 0 Å². The Bertz CT molecular complexity index is 1320. The molecule has 1 unspecified atom stereocenters. The summed E-state index contributed by atoms with van der Waals surface area (Å²) in [4.78, 5) is 43.6. The van der Waals surface area contributed by atoms with Gasteiger partial charge in [0.25, 0.3) is 5.91 Å². The molecule has 0 spiro atoms. The van der Waals surface area contributed by atoms with Gasteiger partial charge in [-0.1, -0.05) is 33.8 Å². The molecule has 8 heteroatoms. The van der Waals surface area contributed by atoms with Crippen LogP contribution in [0.15, 0.2) is 49.1 Å². The molecule has 4 heterocycles. The number of nitrogens with one attached hydrogen (secondary N) is 2. The number of carbonyl (C=O) groups excluding carboxylic acids is 2. The Morgan fingerprint density at radius 1 is 1.15 bits per heavy atom. The summed E-state index contributed by atoms with van der Waals surface area (Å²) in [7, 11) is 0. The summed E-state index contributed by atoms with van der Waals surface area (Å²) in [6.07, 6.45) is 7.24. The number of aromatic amines is 1. The Hall–Kier alpha value is -3.39. The van der Waals surface area contributed by atoms with Gasteiger partial charge in [-0.2, -0.15) is 0 Å². The smallest absolute Gasteiger partial charge is 0.255 e. The highest BCUT2D eigenvalue weighted by molar-refractivity contribution is 7.17. The lowest BCUT2D eigenvalue weighted by Gasteiger charge is -2.27. The van der Waals surface area contributed by atoms with Crippen molar-refractivity contribution < 1.29 is 9.59 Å². The zero-order valence-corrected chi connectivity index (χ0v) is 20.9. The molecule has 4 rings (SSSR count). The molecule has 4 aromatic heterocycles. The van der Waals surface area contributed by atoms with Crippen molar-refractivity contribution in [3.8, 4) is 10.6 Å². The Labute approximate surface area is 203 Å². The third-order valence-electron chi connectivity index (χ3n) is 6.15. The van der Waals surface area contributed by atoms with Crippen molar-refractivity contribution >= 4 is 34.2 Å². The topological polar surface area (TPSA) is 101 Å². The monoisotopic (exact) mass is 475 g/mol. The molecule has 0 saturated carbocycles. The van der Waals surface area contributed by atoms with Crippen molar-refractivity contribution in [3.63, 3.8) is 0 Å². The summed E-state index contributed by atoms with van der Waals surface area (Å²) in [6.45, 7) is 10.3. The van der Waals surface area contributed by atoms with Crippen molar-refractivity contribution in [2.45, 2.75) is 53.0 Å². The van der Waals surface area contributed by atoms with Gasteiger partial charge in [0.05, 0.1) is 27.2 Å². The van der Waals surface area contributed by atoms with E-state index in [0.717, 1.165) is 10.4 Å². The molecule has 176 valence electrons. The lowest BCUT2D eigenvalue weighted by atomic mass is 9.88. The summed E-state index contributed by atoms with van der Waals surface area (Å²) in [6, 6.07) is 7.58. The molecular weight excluding hydrogens is 446 g/mol. The lowest BCUT2D eigenvalue weighted by molar-refractivity contribution is 0.0910. The maximum absolute atomic E-state index is 12.9. The van der Waals surface area contributed by atoms with E-state index in [1.54, 1.807) is 24.8 Å². The second-order valence-corrected chi connectivity index (χ2v) is 10.8. The van der Waals surface area contributed by atoms with Crippen molar-refractivity contribution in [1.29, 1.82) is 0 Å². The summed E-state index contributed by atoms with van der Waals surface area (Å²) in [5.41, 5.74) is 3.14. The number of pyridine rings is 1. The average molecular weight is 476 g/mol. The molecule has 0 aliphatic heterocycles. The van der Waals surface area contributed by atoms with E-state index in [1.807, 2.05) is 38.1 Å². The van der Waals surface area contributed by atoms with Gasteiger partial charge in [-0.05, 0) is 42.0 Å². The van der Waals surface area contributed by atoms with Gasteiger partial charge in [0.1, 0.15) is 5.52 Å². The maximum atomic E-state index is 12.9. The van der Waals surface area contributed by atoms with Crippen LogP contribution in [0.5, 0.6) is 0 Å². The minimum atomic E-state index is -0.188. The van der Waals surface area contributed by atoms with Crippen LogP contribution < -0.4 is 5.32 Å². The summed E-state index contributed by atoms with van der Waals surface area (Å²) < 4.78 is 0. The molecule has 2 atom stereocenters. The second kappa shape index (κ2) is 9.46. The molecule has 0 fully saturated rings. The zero-order valence-electron chi connectivity index (χ0n) is 20.0. The van der Waals surface area contributed by atoms with E-state index in [9.17, 15) is 9.59 Å². The van der Waals surface area contributed by atoms with E-state index < -0.39 is 0 Å². The fourth-order valence-electron chi connectivity index (χ4n) is 3.46. The Morgan fingerprint density at radius 3 is 2.65 bits per heavy atom. The predicted octanol–water partition coefficient (Wildman–Crippen LogP) is 5.62. The quantitative estimate of drug-likeness (QED) is 0.338. The highest BCUT2D eigenvalue weighted by Crippen LogP contribution is 2.30. The Kier molecular flexibility index (Phi) is 6.61. The predicted molar refractivity (Wildman–Crippen MR) is 135 cm³/mol.